The Labute approximate surface area is 115 Å². The second-order valence-corrected chi connectivity index (χ2v) is 5.79. The van der Waals surface area contributed by atoms with E-state index in [0.29, 0.717) is 4.90 Å². The van der Waals surface area contributed by atoms with Crippen LogP contribution in [0.15, 0.2) is 58.6 Å². The monoisotopic (exact) mass is 274 g/mol. The van der Waals surface area contributed by atoms with Gasteiger partial charge in [0.1, 0.15) is 10.8 Å². The molecule has 0 saturated heterocycles. The van der Waals surface area contributed by atoms with Gasteiger partial charge >= 0.3 is 0 Å². The molecule has 0 heterocycles. The van der Waals surface area contributed by atoms with E-state index in [2.05, 4.69) is 0 Å². The Morgan fingerprint density at radius 3 is 2.32 bits per heavy atom. The molecule has 0 fully saturated rings. The smallest absolute Gasteiger partial charge is 0.192 e. The lowest BCUT2D eigenvalue weighted by molar-refractivity contribution is 0.653. The largest absolute Gasteiger partial charge is 0.247 e. The number of benzene rings is 2. The van der Waals surface area contributed by atoms with Gasteiger partial charge in [0.05, 0.1) is 0 Å². The maximum atomic E-state index is 14.0. The first-order valence-electron chi connectivity index (χ1n) is 5.99. The lowest BCUT2D eigenvalue weighted by Crippen LogP contribution is -1.92. The molecule has 0 radical (unpaired) electrons. The summed E-state index contributed by atoms with van der Waals surface area (Å²) >= 11 is 0. The third-order valence-corrected chi connectivity index (χ3v) is 4.04. The van der Waals surface area contributed by atoms with Gasteiger partial charge in [0.25, 0.3) is 0 Å². The first-order valence-corrected chi connectivity index (χ1v) is 7.14. The van der Waals surface area contributed by atoms with Crippen LogP contribution in [0.1, 0.15) is 16.7 Å². The standard InChI is InChI=1S/C16H15FOS/c1-12-7-9-15(10-8-12)19(18)16(17)11-14-6-4-3-5-13(14)2/h3-11H,1-2H3/b16-11+/t19-/m1/s1. The van der Waals surface area contributed by atoms with Crippen molar-refractivity contribution in [2.24, 2.45) is 0 Å². The second-order valence-electron chi connectivity index (χ2n) is 4.39. The van der Waals surface area contributed by atoms with Crippen molar-refractivity contribution in [2.75, 3.05) is 0 Å². The van der Waals surface area contributed by atoms with E-state index in [4.69, 9.17) is 0 Å². The minimum atomic E-state index is -1.75. The zero-order chi connectivity index (χ0) is 13.8. The fourth-order valence-electron chi connectivity index (χ4n) is 1.70. The molecule has 0 spiro atoms. The Hall–Kier alpha value is -1.74. The summed E-state index contributed by atoms with van der Waals surface area (Å²) in [4.78, 5) is 0.480. The minimum Gasteiger partial charge on any atom is -0.247 e. The highest BCUT2D eigenvalue weighted by Crippen LogP contribution is 2.20. The van der Waals surface area contributed by atoms with Gasteiger partial charge in [-0.25, -0.2) is 4.21 Å². The molecule has 98 valence electrons. The highest BCUT2D eigenvalue weighted by atomic mass is 32.2. The molecule has 2 aromatic carbocycles. The van der Waals surface area contributed by atoms with Crippen molar-refractivity contribution in [3.8, 4) is 0 Å². The molecule has 2 rings (SSSR count). The zero-order valence-electron chi connectivity index (χ0n) is 10.9. The normalized spacial score (nSPS) is 13.3. The van der Waals surface area contributed by atoms with Crippen LogP contribution in [0.3, 0.4) is 0 Å². The highest BCUT2D eigenvalue weighted by Gasteiger charge is 2.10. The van der Waals surface area contributed by atoms with Crippen LogP contribution in [0.5, 0.6) is 0 Å². The fraction of sp³-hybridized carbons (Fsp3) is 0.125. The van der Waals surface area contributed by atoms with Crippen LogP contribution < -0.4 is 0 Å². The van der Waals surface area contributed by atoms with Crippen LogP contribution in [0, 0.1) is 13.8 Å². The predicted octanol–water partition coefficient (Wildman–Crippen LogP) is 4.38. The summed E-state index contributed by atoms with van der Waals surface area (Å²) < 4.78 is 26.0. The van der Waals surface area contributed by atoms with E-state index >= 15 is 0 Å². The Kier molecular flexibility index (Phi) is 4.27. The maximum Gasteiger partial charge on any atom is 0.192 e. The summed E-state index contributed by atoms with van der Waals surface area (Å²) in [6, 6.07) is 14.5. The van der Waals surface area contributed by atoms with E-state index < -0.39 is 16.0 Å². The van der Waals surface area contributed by atoms with Crippen LogP contribution in [-0.4, -0.2) is 4.21 Å². The van der Waals surface area contributed by atoms with E-state index in [-0.39, 0.29) is 0 Å². The van der Waals surface area contributed by atoms with E-state index in [0.717, 1.165) is 16.7 Å². The lowest BCUT2D eigenvalue weighted by atomic mass is 10.1. The molecule has 0 aliphatic heterocycles. The van der Waals surface area contributed by atoms with Crippen LogP contribution in [0.4, 0.5) is 4.39 Å². The molecule has 0 aromatic heterocycles. The summed E-state index contributed by atoms with van der Waals surface area (Å²) in [5.41, 5.74) is 2.77. The molecule has 2 aromatic rings. The Morgan fingerprint density at radius 1 is 1.05 bits per heavy atom. The maximum absolute atomic E-state index is 14.0. The molecule has 1 atom stereocenters. The third-order valence-electron chi connectivity index (χ3n) is 2.87. The van der Waals surface area contributed by atoms with Crippen molar-refractivity contribution < 1.29 is 8.60 Å². The molecule has 3 heteroatoms. The average Bonchev–Trinajstić information content (AvgIpc) is 2.41. The van der Waals surface area contributed by atoms with Crippen molar-refractivity contribution in [1.29, 1.82) is 0 Å². The first-order chi connectivity index (χ1) is 9.08. The van der Waals surface area contributed by atoms with Crippen molar-refractivity contribution >= 4 is 16.9 Å². The summed E-state index contributed by atoms with van der Waals surface area (Å²) in [7, 11) is -1.75. The van der Waals surface area contributed by atoms with Crippen LogP contribution in [0.2, 0.25) is 0 Å². The van der Waals surface area contributed by atoms with Gasteiger partial charge in [-0.15, -0.1) is 0 Å². The number of aryl methyl sites for hydroxylation is 2. The number of halogens is 1. The van der Waals surface area contributed by atoms with Crippen molar-refractivity contribution in [1.82, 2.24) is 0 Å². The number of hydrogen-bond acceptors (Lipinski definition) is 1. The first kappa shape index (κ1) is 13.7. The Morgan fingerprint density at radius 2 is 1.68 bits per heavy atom. The van der Waals surface area contributed by atoms with Gasteiger partial charge in [-0.2, -0.15) is 4.39 Å². The van der Waals surface area contributed by atoms with E-state index in [9.17, 15) is 8.60 Å². The highest BCUT2D eigenvalue weighted by molar-refractivity contribution is 7.89. The van der Waals surface area contributed by atoms with Gasteiger partial charge in [-0.3, -0.25) is 0 Å². The summed E-state index contributed by atoms with van der Waals surface area (Å²) in [5.74, 6) is 0. The fourth-order valence-corrected chi connectivity index (χ4v) is 2.54. The number of hydrogen-bond donors (Lipinski definition) is 0. The van der Waals surface area contributed by atoms with Gasteiger partial charge < -0.3 is 0 Å². The Balaban J connectivity index is 2.29. The Bertz CT molecular complexity index is 629. The molecular formula is C16H15FOS. The molecule has 0 unspecified atom stereocenters. The van der Waals surface area contributed by atoms with Gasteiger partial charge in [0, 0.05) is 4.90 Å². The van der Waals surface area contributed by atoms with Crippen molar-refractivity contribution in [2.45, 2.75) is 18.7 Å². The van der Waals surface area contributed by atoms with Gasteiger partial charge in [0.2, 0.25) is 0 Å². The van der Waals surface area contributed by atoms with Crippen LogP contribution in [0.25, 0.3) is 6.08 Å². The second kappa shape index (κ2) is 5.93. The molecule has 0 N–H and O–H groups in total. The number of rotatable bonds is 3. The third kappa shape index (κ3) is 3.38. The zero-order valence-corrected chi connectivity index (χ0v) is 11.7. The molecule has 0 aliphatic rings. The van der Waals surface area contributed by atoms with Gasteiger partial charge in [0.15, 0.2) is 5.16 Å². The molecule has 0 saturated carbocycles. The van der Waals surface area contributed by atoms with E-state index in [1.807, 2.05) is 44.2 Å². The summed E-state index contributed by atoms with van der Waals surface area (Å²) in [5, 5.41) is -0.627. The van der Waals surface area contributed by atoms with E-state index in [1.165, 1.54) is 6.08 Å². The lowest BCUT2D eigenvalue weighted by Gasteiger charge is -2.02. The molecule has 0 bridgehead atoms. The molecule has 0 amide bonds. The summed E-state index contributed by atoms with van der Waals surface area (Å²) in [6.07, 6.45) is 1.34. The predicted molar refractivity (Wildman–Crippen MR) is 77.9 cm³/mol. The van der Waals surface area contributed by atoms with Gasteiger partial charge in [-0.1, -0.05) is 42.0 Å². The quantitative estimate of drug-likeness (QED) is 0.811. The van der Waals surface area contributed by atoms with Crippen LogP contribution in [-0.2, 0) is 10.8 Å². The molecule has 0 aliphatic carbocycles. The SMILES string of the molecule is Cc1ccc([S@@](=O)/C(F)=C/c2ccccc2C)cc1. The molecular weight excluding hydrogens is 259 g/mol. The minimum absolute atomic E-state index is 0.480. The van der Waals surface area contributed by atoms with E-state index in [1.54, 1.807) is 18.2 Å². The van der Waals surface area contributed by atoms with Gasteiger partial charge in [-0.05, 0) is 43.2 Å². The molecule has 1 nitrogen and oxygen atoms in total. The summed E-state index contributed by atoms with van der Waals surface area (Å²) in [6.45, 7) is 3.83. The van der Waals surface area contributed by atoms with Crippen molar-refractivity contribution in [3.05, 3.63) is 70.4 Å². The topological polar surface area (TPSA) is 17.1 Å². The molecule has 19 heavy (non-hydrogen) atoms. The van der Waals surface area contributed by atoms with Crippen molar-refractivity contribution in [3.63, 3.8) is 0 Å². The average molecular weight is 274 g/mol. The van der Waals surface area contributed by atoms with Crippen LogP contribution >= 0.6 is 0 Å².